The Morgan fingerprint density at radius 3 is 2.80 bits per heavy atom. The van der Waals surface area contributed by atoms with Gasteiger partial charge in [0.2, 0.25) is 5.91 Å². The highest BCUT2D eigenvalue weighted by Gasteiger charge is 2.06. The summed E-state index contributed by atoms with van der Waals surface area (Å²) in [5, 5.41) is 14.2. The van der Waals surface area contributed by atoms with Crippen LogP contribution < -0.4 is 10.6 Å². The molecule has 0 spiro atoms. The van der Waals surface area contributed by atoms with E-state index in [1.165, 1.54) is 6.07 Å². The second-order valence-electron chi connectivity index (χ2n) is 2.74. The van der Waals surface area contributed by atoms with Crippen molar-refractivity contribution in [2.75, 3.05) is 18.9 Å². The number of nitrogens with one attached hydrogen (secondary N) is 2. The van der Waals surface area contributed by atoms with Crippen molar-refractivity contribution >= 4 is 24.0 Å². The van der Waals surface area contributed by atoms with Gasteiger partial charge < -0.3 is 15.7 Å². The maximum atomic E-state index is 12.7. The molecule has 0 saturated heterocycles. The quantitative estimate of drug-likeness (QED) is 0.687. The van der Waals surface area contributed by atoms with Gasteiger partial charge in [0.15, 0.2) is 0 Å². The normalized spacial score (nSPS) is 9.20. The molecular formula is C9H12ClFN2O2. The minimum atomic E-state index is -0.512. The number of amides is 1. The van der Waals surface area contributed by atoms with Gasteiger partial charge in [-0.15, -0.1) is 12.4 Å². The molecule has 0 unspecified atom stereocenters. The fourth-order valence-electron chi connectivity index (χ4n) is 0.963. The van der Waals surface area contributed by atoms with E-state index in [9.17, 15) is 14.3 Å². The average molecular weight is 235 g/mol. The number of phenolic OH excluding ortho intramolecular Hbond substituents is 1. The minimum Gasteiger partial charge on any atom is -0.506 e. The Morgan fingerprint density at radius 1 is 1.53 bits per heavy atom. The van der Waals surface area contributed by atoms with Crippen molar-refractivity contribution in [3.8, 4) is 5.75 Å². The van der Waals surface area contributed by atoms with Crippen molar-refractivity contribution in [2.45, 2.75) is 0 Å². The molecule has 0 radical (unpaired) electrons. The molecule has 0 fully saturated rings. The average Bonchev–Trinajstić information content (AvgIpc) is 2.12. The summed E-state index contributed by atoms with van der Waals surface area (Å²) in [5.41, 5.74) is 0.0743. The first kappa shape index (κ1) is 13.7. The van der Waals surface area contributed by atoms with Crippen LogP contribution in [-0.4, -0.2) is 24.6 Å². The van der Waals surface area contributed by atoms with E-state index < -0.39 is 5.82 Å². The van der Waals surface area contributed by atoms with Crippen molar-refractivity contribution in [2.24, 2.45) is 0 Å². The van der Waals surface area contributed by atoms with E-state index in [0.29, 0.717) is 0 Å². The number of likely N-dealkylation sites (N-methyl/N-ethyl adjacent to an activating group) is 1. The van der Waals surface area contributed by atoms with Gasteiger partial charge in [-0.25, -0.2) is 4.39 Å². The molecule has 1 aromatic carbocycles. The van der Waals surface area contributed by atoms with Gasteiger partial charge in [0.05, 0.1) is 12.2 Å². The number of hydrogen-bond acceptors (Lipinski definition) is 3. The largest absolute Gasteiger partial charge is 0.506 e. The summed E-state index contributed by atoms with van der Waals surface area (Å²) >= 11 is 0. The molecule has 1 amide bonds. The second kappa shape index (κ2) is 6.21. The number of benzene rings is 1. The first-order chi connectivity index (χ1) is 6.63. The summed E-state index contributed by atoms with van der Waals surface area (Å²) in [4.78, 5) is 11.1. The smallest absolute Gasteiger partial charge is 0.238 e. The summed E-state index contributed by atoms with van der Waals surface area (Å²) in [6.45, 7) is 0.107. The predicted octanol–water partition coefficient (Wildman–Crippen LogP) is 1.11. The van der Waals surface area contributed by atoms with Gasteiger partial charge in [-0.1, -0.05) is 0 Å². The van der Waals surface area contributed by atoms with E-state index in [1.54, 1.807) is 7.05 Å². The van der Waals surface area contributed by atoms with Gasteiger partial charge in [-0.2, -0.15) is 0 Å². The number of aromatic hydroxyl groups is 1. The molecule has 0 saturated carbocycles. The molecule has 0 bridgehead atoms. The van der Waals surface area contributed by atoms with Crippen molar-refractivity contribution < 1.29 is 14.3 Å². The van der Waals surface area contributed by atoms with Crippen LogP contribution in [0.25, 0.3) is 0 Å². The second-order valence-corrected chi connectivity index (χ2v) is 2.74. The van der Waals surface area contributed by atoms with Gasteiger partial charge in [-0.05, 0) is 19.2 Å². The Hall–Kier alpha value is -1.33. The topological polar surface area (TPSA) is 61.4 Å². The van der Waals surface area contributed by atoms with E-state index in [4.69, 9.17) is 0 Å². The Morgan fingerprint density at radius 2 is 2.20 bits per heavy atom. The van der Waals surface area contributed by atoms with Crippen LogP contribution in [0.1, 0.15) is 0 Å². The maximum absolute atomic E-state index is 12.7. The molecule has 1 aromatic rings. The van der Waals surface area contributed by atoms with Crippen molar-refractivity contribution in [1.82, 2.24) is 5.32 Å². The summed E-state index contributed by atoms with van der Waals surface area (Å²) < 4.78 is 12.7. The van der Waals surface area contributed by atoms with Crippen LogP contribution in [-0.2, 0) is 4.79 Å². The zero-order valence-electron chi connectivity index (χ0n) is 8.08. The Bertz CT molecular complexity index is 347. The van der Waals surface area contributed by atoms with Gasteiger partial charge >= 0.3 is 0 Å². The number of halogens is 2. The number of rotatable bonds is 3. The first-order valence-electron chi connectivity index (χ1n) is 4.06. The molecule has 0 aliphatic carbocycles. The lowest BCUT2D eigenvalue weighted by Gasteiger charge is -2.06. The van der Waals surface area contributed by atoms with E-state index in [-0.39, 0.29) is 36.3 Å². The molecule has 84 valence electrons. The predicted molar refractivity (Wildman–Crippen MR) is 57.9 cm³/mol. The molecular weight excluding hydrogens is 223 g/mol. The standard InChI is InChI=1S/C9H11FN2O2.ClH/c1-11-5-9(14)12-7-4-6(10)2-3-8(7)13;/h2-4,11,13H,5H2,1H3,(H,12,14);1H. The van der Waals surface area contributed by atoms with Crippen LogP contribution in [0, 0.1) is 5.82 Å². The zero-order chi connectivity index (χ0) is 10.6. The highest BCUT2D eigenvalue weighted by Crippen LogP contribution is 2.23. The third-order valence-electron chi connectivity index (χ3n) is 1.57. The van der Waals surface area contributed by atoms with E-state index in [2.05, 4.69) is 10.6 Å². The third-order valence-corrected chi connectivity index (χ3v) is 1.57. The molecule has 0 aliphatic heterocycles. The lowest BCUT2D eigenvalue weighted by molar-refractivity contribution is -0.115. The summed E-state index contributed by atoms with van der Waals surface area (Å²) in [6, 6.07) is 3.36. The maximum Gasteiger partial charge on any atom is 0.238 e. The molecule has 15 heavy (non-hydrogen) atoms. The first-order valence-corrected chi connectivity index (χ1v) is 4.06. The fraction of sp³-hybridized carbons (Fsp3) is 0.222. The minimum absolute atomic E-state index is 0. The molecule has 0 aromatic heterocycles. The van der Waals surface area contributed by atoms with E-state index >= 15 is 0 Å². The molecule has 4 nitrogen and oxygen atoms in total. The Kier molecular flexibility index (Phi) is 5.66. The lowest BCUT2D eigenvalue weighted by atomic mass is 10.3. The van der Waals surface area contributed by atoms with Crippen LogP contribution in [0.4, 0.5) is 10.1 Å². The van der Waals surface area contributed by atoms with Gasteiger partial charge in [-0.3, -0.25) is 4.79 Å². The van der Waals surface area contributed by atoms with Crippen LogP contribution in [0.3, 0.4) is 0 Å². The van der Waals surface area contributed by atoms with E-state index in [1.807, 2.05) is 0 Å². The monoisotopic (exact) mass is 234 g/mol. The van der Waals surface area contributed by atoms with Gasteiger partial charge in [0.25, 0.3) is 0 Å². The van der Waals surface area contributed by atoms with Crippen LogP contribution in [0.2, 0.25) is 0 Å². The van der Waals surface area contributed by atoms with Crippen LogP contribution in [0.15, 0.2) is 18.2 Å². The summed E-state index contributed by atoms with van der Waals surface area (Å²) in [6.07, 6.45) is 0. The molecule has 6 heteroatoms. The van der Waals surface area contributed by atoms with Crippen LogP contribution in [0.5, 0.6) is 5.75 Å². The summed E-state index contributed by atoms with van der Waals surface area (Å²) in [5.74, 6) is -1.01. The van der Waals surface area contributed by atoms with Gasteiger partial charge in [0, 0.05) is 6.07 Å². The van der Waals surface area contributed by atoms with Crippen molar-refractivity contribution in [3.63, 3.8) is 0 Å². The Balaban J connectivity index is 0.00000196. The highest BCUT2D eigenvalue weighted by molar-refractivity contribution is 5.93. The number of carbonyl (C=O) groups excluding carboxylic acids is 1. The number of hydrogen-bond donors (Lipinski definition) is 3. The molecule has 0 atom stereocenters. The van der Waals surface area contributed by atoms with Crippen LogP contribution >= 0.6 is 12.4 Å². The molecule has 0 aliphatic rings. The number of phenols is 1. The molecule has 0 heterocycles. The van der Waals surface area contributed by atoms with Gasteiger partial charge in [0.1, 0.15) is 11.6 Å². The van der Waals surface area contributed by atoms with E-state index in [0.717, 1.165) is 12.1 Å². The lowest BCUT2D eigenvalue weighted by Crippen LogP contribution is -2.25. The SMILES string of the molecule is CNCC(=O)Nc1cc(F)ccc1O.Cl. The third kappa shape index (κ3) is 4.14. The zero-order valence-corrected chi connectivity index (χ0v) is 8.90. The summed E-state index contributed by atoms with van der Waals surface area (Å²) in [7, 11) is 1.62. The van der Waals surface area contributed by atoms with Crippen molar-refractivity contribution in [3.05, 3.63) is 24.0 Å². The number of anilines is 1. The molecule has 1 rings (SSSR count). The van der Waals surface area contributed by atoms with Crippen molar-refractivity contribution in [1.29, 1.82) is 0 Å². The number of carbonyl (C=O) groups is 1. The highest BCUT2D eigenvalue weighted by atomic mass is 35.5. The molecule has 3 N–H and O–H groups in total. The Labute approximate surface area is 92.9 Å². The fourth-order valence-corrected chi connectivity index (χ4v) is 0.963.